The number of amides is 1. The van der Waals surface area contributed by atoms with Crippen LogP contribution >= 0.6 is 11.6 Å². The molecule has 21 heavy (non-hydrogen) atoms. The molecule has 1 spiro atoms. The zero-order valence-corrected chi connectivity index (χ0v) is 12.1. The fourth-order valence-electron chi connectivity index (χ4n) is 2.97. The summed E-state index contributed by atoms with van der Waals surface area (Å²) in [6.45, 7) is 0. The zero-order valence-electron chi connectivity index (χ0n) is 11.3. The van der Waals surface area contributed by atoms with Gasteiger partial charge in [-0.1, -0.05) is 23.7 Å². The number of carbonyl (C=O) groups excluding carboxylic acids is 1. The number of ether oxygens (including phenoxy) is 1. The molecule has 1 aromatic carbocycles. The Hall–Kier alpha value is -2.14. The van der Waals surface area contributed by atoms with Gasteiger partial charge in [0.05, 0.1) is 17.3 Å². The molecule has 0 unspecified atom stereocenters. The van der Waals surface area contributed by atoms with Crippen LogP contribution in [0.15, 0.2) is 30.7 Å². The Kier molecular flexibility index (Phi) is 2.50. The average Bonchev–Trinajstić information content (AvgIpc) is 3.26. The quantitative estimate of drug-likeness (QED) is 0.855. The number of rotatable bonds is 2. The largest absolute Gasteiger partial charge is 0.437 e. The minimum absolute atomic E-state index is 0.0109. The molecular formula is C15H12ClN3O2. The summed E-state index contributed by atoms with van der Waals surface area (Å²) in [5.74, 6) is 0.740. The lowest BCUT2D eigenvalue weighted by atomic mass is 10.0. The first-order valence-corrected chi connectivity index (χ1v) is 7.06. The van der Waals surface area contributed by atoms with Crippen molar-refractivity contribution in [3.8, 4) is 11.6 Å². The SMILES string of the molecule is CN1C(=O)c2c(Oc3ncncc3Cl)cccc2C12CC2. The van der Waals surface area contributed by atoms with Gasteiger partial charge in [0.1, 0.15) is 17.1 Å². The predicted molar refractivity (Wildman–Crippen MR) is 76.6 cm³/mol. The molecule has 1 saturated carbocycles. The second-order valence-corrected chi connectivity index (χ2v) is 5.76. The minimum Gasteiger partial charge on any atom is -0.437 e. The van der Waals surface area contributed by atoms with Crippen molar-refractivity contribution in [3.05, 3.63) is 46.9 Å². The maximum atomic E-state index is 12.5. The van der Waals surface area contributed by atoms with Crippen molar-refractivity contribution in [2.45, 2.75) is 18.4 Å². The average molecular weight is 302 g/mol. The molecule has 4 rings (SSSR count). The second kappa shape index (κ2) is 4.18. The third-order valence-corrected chi connectivity index (χ3v) is 4.51. The Morgan fingerprint density at radius 1 is 1.38 bits per heavy atom. The number of halogens is 1. The molecule has 0 N–H and O–H groups in total. The summed E-state index contributed by atoms with van der Waals surface area (Å²) in [7, 11) is 1.84. The van der Waals surface area contributed by atoms with E-state index in [1.807, 2.05) is 24.1 Å². The Bertz CT molecular complexity index is 758. The summed E-state index contributed by atoms with van der Waals surface area (Å²) in [6.07, 6.45) is 4.82. The van der Waals surface area contributed by atoms with E-state index in [9.17, 15) is 4.79 Å². The number of aromatic nitrogens is 2. The molecule has 0 saturated heterocycles. The summed E-state index contributed by atoms with van der Waals surface area (Å²) < 4.78 is 5.76. The highest BCUT2D eigenvalue weighted by Crippen LogP contribution is 2.57. The molecule has 2 aromatic rings. The van der Waals surface area contributed by atoms with Crippen molar-refractivity contribution in [3.63, 3.8) is 0 Å². The zero-order chi connectivity index (χ0) is 14.6. The molecule has 5 nitrogen and oxygen atoms in total. The van der Waals surface area contributed by atoms with Gasteiger partial charge in [-0.25, -0.2) is 9.97 Å². The maximum absolute atomic E-state index is 12.5. The summed E-state index contributed by atoms with van der Waals surface area (Å²) in [5, 5.41) is 0.315. The van der Waals surface area contributed by atoms with Gasteiger partial charge in [0.15, 0.2) is 0 Å². The number of hydrogen-bond acceptors (Lipinski definition) is 4. The molecule has 0 radical (unpaired) electrons. The highest BCUT2D eigenvalue weighted by atomic mass is 35.5. The fourth-order valence-corrected chi connectivity index (χ4v) is 3.11. The van der Waals surface area contributed by atoms with Gasteiger partial charge < -0.3 is 9.64 Å². The van der Waals surface area contributed by atoms with Crippen molar-refractivity contribution in [2.75, 3.05) is 7.05 Å². The van der Waals surface area contributed by atoms with Crippen LogP contribution in [-0.4, -0.2) is 27.8 Å². The second-order valence-electron chi connectivity index (χ2n) is 5.35. The first-order chi connectivity index (χ1) is 10.1. The number of hydrogen-bond donors (Lipinski definition) is 0. The molecule has 0 atom stereocenters. The van der Waals surface area contributed by atoms with Gasteiger partial charge in [0.2, 0.25) is 5.88 Å². The summed E-state index contributed by atoms with van der Waals surface area (Å²) in [5.41, 5.74) is 1.53. The standard InChI is InChI=1S/C15H12ClN3O2/c1-19-14(20)12-9(15(19)5-6-15)3-2-4-11(12)21-13-10(16)7-17-8-18-13/h2-4,7-8H,5-6H2,1H3. The van der Waals surface area contributed by atoms with Crippen LogP contribution in [-0.2, 0) is 5.54 Å². The van der Waals surface area contributed by atoms with Crippen molar-refractivity contribution < 1.29 is 9.53 Å². The lowest BCUT2D eigenvalue weighted by molar-refractivity contribution is 0.0753. The van der Waals surface area contributed by atoms with Gasteiger partial charge in [-0.3, -0.25) is 4.79 Å². The smallest absolute Gasteiger partial charge is 0.258 e. The van der Waals surface area contributed by atoms with E-state index in [0.717, 1.165) is 18.4 Å². The topological polar surface area (TPSA) is 55.3 Å². The van der Waals surface area contributed by atoms with Crippen LogP contribution < -0.4 is 4.74 Å². The lowest BCUT2D eigenvalue weighted by Gasteiger charge is -2.18. The molecule has 1 aromatic heterocycles. The van der Waals surface area contributed by atoms with Gasteiger partial charge in [-0.05, 0) is 24.5 Å². The Morgan fingerprint density at radius 3 is 2.90 bits per heavy atom. The maximum Gasteiger partial charge on any atom is 0.258 e. The van der Waals surface area contributed by atoms with E-state index in [0.29, 0.717) is 16.3 Å². The van der Waals surface area contributed by atoms with Crippen LogP contribution in [0.3, 0.4) is 0 Å². The van der Waals surface area contributed by atoms with Crippen LogP contribution in [0.4, 0.5) is 0 Å². The van der Waals surface area contributed by atoms with Gasteiger partial charge in [0.25, 0.3) is 5.91 Å². The van der Waals surface area contributed by atoms with Crippen LogP contribution in [0.25, 0.3) is 0 Å². The van der Waals surface area contributed by atoms with Crippen LogP contribution in [0.2, 0.25) is 5.02 Å². The van der Waals surface area contributed by atoms with Crippen molar-refractivity contribution in [1.82, 2.24) is 14.9 Å². The third kappa shape index (κ3) is 1.67. The lowest BCUT2D eigenvalue weighted by Crippen LogP contribution is -2.28. The van der Waals surface area contributed by atoms with Crippen LogP contribution in [0.5, 0.6) is 11.6 Å². The normalized spacial score (nSPS) is 18.0. The van der Waals surface area contributed by atoms with E-state index in [-0.39, 0.29) is 17.3 Å². The highest BCUT2D eigenvalue weighted by Gasteiger charge is 2.57. The number of carbonyl (C=O) groups is 1. The van der Waals surface area contributed by atoms with Crippen molar-refractivity contribution in [2.24, 2.45) is 0 Å². The molecule has 106 valence electrons. The van der Waals surface area contributed by atoms with E-state index < -0.39 is 0 Å². The molecule has 2 heterocycles. The number of benzene rings is 1. The third-order valence-electron chi connectivity index (χ3n) is 4.25. The summed E-state index contributed by atoms with van der Waals surface area (Å²) in [4.78, 5) is 22.2. The number of nitrogens with zero attached hydrogens (tertiary/aromatic N) is 3. The molecule has 2 aliphatic rings. The van der Waals surface area contributed by atoms with Gasteiger partial charge in [0, 0.05) is 7.05 Å². The van der Waals surface area contributed by atoms with Crippen molar-refractivity contribution >= 4 is 17.5 Å². The highest BCUT2D eigenvalue weighted by molar-refractivity contribution is 6.31. The van der Waals surface area contributed by atoms with Crippen LogP contribution in [0.1, 0.15) is 28.8 Å². The first-order valence-electron chi connectivity index (χ1n) is 6.68. The Morgan fingerprint density at radius 2 is 2.19 bits per heavy atom. The molecule has 1 fully saturated rings. The number of fused-ring (bicyclic) bond motifs is 2. The minimum atomic E-state index is -0.124. The van der Waals surface area contributed by atoms with E-state index in [1.165, 1.54) is 12.5 Å². The molecule has 1 aliphatic carbocycles. The summed E-state index contributed by atoms with van der Waals surface area (Å²) >= 11 is 6.01. The van der Waals surface area contributed by atoms with E-state index in [4.69, 9.17) is 16.3 Å². The van der Waals surface area contributed by atoms with Gasteiger partial charge in [-0.15, -0.1) is 0 Å². The van der Waals surface area contributed by atoms with Gasteiger partial charge in [-0.2, -0.15) is 0 Å². The first kappa shape index (κ1) is 12.6. The summed E-state index contributed by atoms with van der Waals surface area (Å²) in [6, 6.07) is 5.67. The van der Waals surface area contributed by atoms with Gasteiger partial charge >= 0.3 is 0 Å². The molecule has 1 aliphatic heterocycles. The van der Waals surface area contributed by atoms with E-state index >= 15 is 0 Å². The van der Waals surface area contributed by atoms with Crippen LogP contribution in [0, 0.1) is 0 Å². The molecule has 1 amide bonds. The van der Waals surface area contributed by atoms with E-state index in [1.54, 1.807) is 6.07 Å². The molecule has 0 bridgehead atoms. The van der Waals surface area contributed by atoms with E-state index in [2.05, 4.69) is 9.97 Å². The monoisotopic (exact) mass is 301 g/mol. The predicted octanol–water partition coefficient (Wildman–Crippen LogP) is 3.00. The Balaban J connectivity index is 1.81. The molecular weight excluding hydrogens is 290 g/mol. The van der Waals surface area contributed by atoms with Crippen molar-refractivity contribution in [1.29, 1.82) is 0 Å². The Labute approximate surface area is 126 Å². The fraction of sp³-hybridized carbons (Fsp3) is 0.267. The molecule has 6 heteroatoms.